The minimum absolute atomic E-state index is 0.459. The van der Waals surface area contributed by atoms with Crippen LogP contribution in [0.2, 0.25) is 0 Å². The average Bonchev–Trinajstić information content (AvgIpc) is 2.76. The third kappa shape index (κ3) is 2.18. The first-order chi connectivity index (χ1) is 7.72. The highest BCUT2D eigenvalue weighted by molar-refractivity contribution is 7.15. The lowest BCUT2D eigenvalue weighted by atomic mass is 10.2. The highest BCUT2D eigenvalue weighted by Gasteiger charge is 2.09. The van der Waals surface area contributed by atoms with E-state index in [-0.39, 0.29) is 0 Å². The molecule has 0 amide bonds. The van der Waals surface area contributed by atoms with Gasteiger partial charge in [0, 0.05) is 24.2 Å². The van der Waals surface area contributed by atoms with Gasteiger partial charge in [-0.25, -0.2) is 4.98 Å². The van der Waals surface area contributed by atoms with Gasteiger partial charge in [-0.05, 0) is 20.3 Å². The Hall–Kier alpha value is -1.13. The fourth-order valence-electron chi connectivity index (χ4n) is 1.76. The molecule has 86 valence electrons. The van der Waals surface area contributed by atoms with Gasteiger partial charge in [0.25, 0.3) is 0 Å². The number of fused-ring (bicyclic) bond motifs is 1. The van der Waals surface area contributed by atoms with Crippen molar-refractivity contribution in [2.45, 2.75) is 32.9 Å². The zero-order valence-corrected chi connectivity index (χ0v) is 10.5. The molecule has 16 heavy (non-hydrogen) atoms. The van der Waals surface area contributed by atoms with E-state index >= 15 is 0 Å². The molecule has 0 aromatic carbocycles. The Labute approximate surface area is 99.8 Å². The maximum atomic E-state index is 4.52. The van der Waals surface area contributed by atoms with Crippen molar-refractivity contribution in [3.8, 4) is 0 Å². The van der Waals surface area contributed by atoms with Crippen molar-refractivity contribution >= 4 is 16.3 Å². The zero-order valence-electron chi connectivity index (χ0n) is 9.73. The summed E-state index contributed by atoms with van der Waals surface area (Å²) in [6.07, 6.45) is 5.01. The summed E-state index contributed by atoms with van der Waals surface area (Å²) in [5.41, 5.74) is 2.37. The summed E-state index contributed by atoms with van der Waals surface area (Å²) >= 11 is 1.67. The monoisotopic (exact) mass is 235 g/mol. The van der Waals surface area contributed by atoms with E-state index in [1.54, 1.807) is 11.3 Å². The highest BCUT2D eigenvalue weighted by atomic mass is 32.1. The van der Waals surface area contributed by atoms with Crippen LogP contribution in [0.5, 0.6) is 0 Å². The maximum absolute atomic E-state index is 4.52. The van der Waals surface area contributed by atoms with E-state index in [0.29, 0.717) is 6.04 Å². The van der Waals surface area contributed by atoms with Crippen molar-refractivity contribution in [3.05, 3.63) is 35.6 Å². The Balaban J connectivity index is 2.11. The fourth-order valence-corrected chi connectivity index (χ4v) is 2.54. The number of hydrogen-bond acceptors (Lipinski definition) is 3. The normalized spacial score (nSPS) is 13.1. The molecule has 0 aliphatic heterocycles. The van der Waals surface area contributed by atoms with Gasteiger partial charge in [-0.1, -0.05) is 6.08 Å². The van der Waals surface area contributed by atoms with E-state index in [2.05, 4.69) is 46.7 Å². The van der Waals surface area contributed by atoms with Crippen molar-refractivity contribution in [2.75, 3.05) is 0 Å². The molecule has 2 aromatic heterocycles. The van der Waals surface area contributed by atoms with Gasteiger partial charge in [-0.3, -0.25) is 4.40 Å². The van der Waals surface area contributed by atoms with E-state index in [4.69, 9.17) is 0 Å². The molecule has 2 heterocycles. The standard InChI is InChI=1S/C12H17N3S/c1-4-5-9(2)13-8-11-10(3)14-12-15(11)6-7-16-12/h4,6-7,9,13H,1,5,8H2,2-3H3. The van der Waals surface area contributed by atoms with E-state index in [1.165, 1.54) is 5.69 Å². The van der Waals surface area contributed by atoms with Crippen LogP contribution in [0.15, 0.2) is 24.2 Å². The molecule has 2 rings (SSSR count). The van der Waals surface area contributed by atoms with Gasteiger partial charge < -0.3 is 5.32 Å². The minimum Gasteiger partial charge on any atom is -0.308 e. The summed E-state index contributed by atoms with van der Waals surface area (Å²) in [5, 5.41) is 5.55. The Morgan fingerprint density at radius 1 is 1.69 bits per heavy atom. The summed E-state index contributed by atoms with van der Waals surface area (Å²) in [6, 6.07) is 0.459. The van der Waals surface area contributed by atoms with E-state index in [9.17, 15) is 0 Å². The molecule has 0 aliphatic carbocycles. The molecule has 1 N–H and O–H groups in total. The van der Waals surface area contributed by atoms with Crippen molar-refractivity contribution < 1.29 is 0 Å². The molecule has 0 spiro atoms. The Bertz CT molecular complexity index is 483. The van der Waals surface area contributed by atoms with Gasteiger partial charge in [0.05, 0.1) is 11.4 Å². The molecule has 1 atom stereocenters. The molecule has 0 saturated carbocycles. The number of aromatic nitrogens is 2. The van der Waals surface area contributed by atoms with Crippen LogP contribution in [0.3, 0.4) is 0 Å². The van der Waals surface area contributed by atoms with Crippen molar-refractivity contribution in [1.82, 2.24) is 14.7 Å². The van der Waals surface area contributed by atoms with Crippen LogP contribution in [0.1, 0.15) is 24.7 Å². The van der Waals surface area contributed by atoms with Crippen LogP contribution >= 0.6 is 11.3 Å². The Morgan fingerprint density at radius 2 is 2.50 bits per heavy atom. The topological polar surface area (TPSA) is 29.3 Å². The van der Waals surface area contributed by atoms with Crippen molar-refractivity contribution in [3.63, 3.8) is 0 Å². The number of thiazole rings is 1. The Morgan fingerprint density at radius 3 is 3.25 bits per heavy atom. The molecule has 0 radical (unpaired) electrons. The lowest BCUT2D eigenvalue weighted by Crippen LogP contribution is -2.25. The van der Waals surface area contributed by atoms with Crippen LogP contribution in [0.25, 0.3) is 4.96 Å². The van der Waals surface area contributed by atoms with Crippen LogP contribution in [0, 0.1) is 6.92 Å². The smallest absolute Gasteiger partial charge is 0.194 e. The van der Waals surface area contributed by atoms with Gasteiger partial charge in [0.2, 0.25) is 0 Å². The van der Waals surface area contributed by atoms with Gasteiger partial charge in [0.15, 0.2) is 4.96 Å². The summed E-state index contributed by atoms with van der Waals surface area (Å²) in [6.45, 7) is 8.84. The molecule has 0 fully saturated rings. The molecule has 0 saturated heterocycles. The molecular formula is C12H17N3S. The third-order valence-corrected chi connectivity index (χ3v) is 3.46. The number of aryl methyl sites for hydroxylation is 1. The highest BCUT2D eigenvalue weighted by Crippen LogP contribution is 2.16. The second kappa shape index (κ2) is 4.80. The van der Waals surface area contributed by atoms with E-state index < -0.39 is 0 Å². The third-order valence-electron chi connectivity index (χ3n) is 2.70. The van der Waals surface area contributed by atoms with Crippen LogP contribution in [0.4, 0.5) is 0 Å². The largest absolute Gasteiger partial charge is 0.308 e. The summed E-state index contributed by atoms with van der Waals surface area (Å²) < 4.78 is 2.16. The van der Waals surface area contributed by atoms with E-state index in [1.807, 2.05) is 6.08 Å². The first-order valence-corrected chi connectivity index (χ1v) is 6.35. The molecule has 0 bridgehead atoms. The molecular weight excluding hydrogens is 218 g/mol. The van der Waals surface area contributed by atoms with E-state index in [0.717, 1.165) is 23.6 Å². The summed E-state index contributed by atoms with van der Waals surface area (Å²) in [7, 11) is 0. The van der Waals surface area contributed by atoms with Gasteiger partial charge >= 0.3 is 0 Å². The lowest BCUT2D eigenvalue weighted by Gasteiger charge is -2.11. The van der Waals surface area contributed by atoms with Crippen molar-refractivity contribution in [2.24, 2.45) is 0 Å². The second-order valence-electron chi connectivity index (χ2n) is 4.01. The van der Waals surface area contributed by atoms with Crippen LogP contribution < -0.4 is 5.32 Å². The molecule has 1 unspecified atom stereocenters. The predicted molar refractivity (Wildman–Crippen MR) is 68.9 cm³/mol. The first-order valence-electron chi connectivity index (χ1n) is 5.47. The van der Waals surface area contributed by atoms with Crippen molar-refractivity contribution in [1.29, 1.82) is 0 Å². The SMILES string of the molecule is C=CCC(C)NCc1c(C)nc2sccn12. The maximum Gasteiger partial charge on any atom is 0.194 e. The Kier molecular flexibility index (Phi) is 3.41. The number of nitrogens with zero attached hydrogens (tertiary/aromatic N) is 2. The summed E-state index contributed by atoms with van der Waals surface area (Å²) in [4.78, 5) is 5.59. The molecule has 3 nitrogen and oxygen atoms in total. The first kappa shape index (κ1) is 11.4. The molecule has 2 aromatic rings. The number of rotatable bonds is 5. The minimum atomic E-state index is 0.459. The lowest BCUT2D eigenvalue weighted by molar-refractivity contribution is 0.545. The zero-order chi connectivity index (χ0) is 11.5. The van der Waals surface area contributed by atoms with Gasteiger partial charge in [-0.15, -0.1) is 17.9 Å². The fraction of sp³-hybridized carbons (Fsp3) is 0.417. The second-order valence-corrected chi connectivity index (χ2v) is 4.88. The van der Waals surface area contributed by atoms with Gasteiger partial charge in [-0.2, -0.15) is 0 Å². The summed E-state index contributed by atoms with van der Waals surface area (Å²) in [5.74, 6) is 0. The van der Waals surface area contributed by atoms with Gasteiger partial charge in [0.1, 0.15) is 0 Å². The number of hydrogen-bond donors (Lipinski definition) is 1. The number of nitrogens with one attached hydrogen (secondary N) is 1. The predicted octanol–water partition coefficient (Wildman–Crippen LogP) is 2.76. The molecule has 4 heteroatoms. The van der Waals surface area contributed by atoms with Crippen LogP contribution in [-0.4, -0.2) is 15.4 Å². The molecule has 0 aliphatic rings. The number of imidazole rings is 1. The van der Waals surface area contributed by atoms with Crippen LogP contribution in [-0.2, 0) is 6.54 Å². The average molecular weight is 235 g/mol. The quantitative estimate of drug-likeness (QED) is 0.807.